The van der Waals surface area contributed by atoms with Crippen molar-refractivity contribution in [2.24, 2.45) is 5.92 Å². The molecule has 104 valence electrons. The van der Waals surface area contributed by atoms with Crippen molar-refractivity contribution in [3.8, 4) is 0 Å². The fourth-order valence-electron chi connectivity index (χ4n) is 2.47. The van der Waals surface area contributed by atoms with Crippen molar-refractivity contribution in [2.45, 2.75) is 26.2 Å². The highest BCUT2D eigenvalue weighted by Gasteiger charge is 2.26. The van der Waals surface area contributed by atoms with Crippen LogP contribution in [0.2, 0.25) is 0 Å². The minimum Gasteiger partial charge on any atom is -0.396 e. The zero-order valence-electron chi connectivity index (χ0n) is 11.3. The number of carbonyl (C=O) groups is 1. The summed E-state index contributed by atoms with van der Waals surface area (Å²) in [5.74, 6) is 0.591. The normalized spacial score (nSPS) is 18.8. The highest BCUT2D eigenvalue weighted by atomic mass is 16.3. The van der Waals surface area contributed by atoms with Gasteiger partial charge in [-0.1, -0.05) is 13.3 Å². The van der Waals surface area contributed by atoms with Crippen LogP contribution in [-0.4, -0.2) is 40.6 Å². The number of aliphatic hydroxyl groups excluding tert-OH is 1. The van der Waals surface area contributed by atoms with Gasteiger partial charge in [0.2, 0.25) is 0 Å². The Hall–Kier alpha value is -1.62. The second-order valence-corrected chi connectivity index (χ2v) is 5.11. The number of hydrogen-bond acceptors (Lipinski definition) is 4. The molecule has 0 radical (unpaired) electrons. The minimum atomic E-state index is -0.0117. The monoisotopic (exact) mass is 263 g/mol. The largest absolute Gasteiger partial charge is 0.396 e. The van der Waals surface area contributed by atoms with E-state index in [0.29, 0.717) is 24.5 Å². The zero-order valence-corrected chi connectivity index (χ0v) is 11.3. The first-order valence-corrected chi connectivity index (χ1v) is 6.80. The predicted molar refractivity (Wildman–Crippen MR) is 73.7 cm³/mol. The summed E-state index contributed by atoms with van der Waals surface area (Å²) < 4.78 is 0. The Morgan fingerprint density at radius 3 is 3.00 bits per heavy atom. The van der Waals surface area contributed by atoms with E-state index in [1.165, 1.54) is 0 Å². The average molecular weight is 263 g/mol. The quantitative estimate of drug-likeness (QED) is 0.851. The van der Waals surface area contributed by atoms with Gasteiger partial charge in [0.15, 0.2) is 0 Å². The Morgan fingerprint density at radius 2 is 2.37 bits per heavy atom. The number of amides is 1. The first-order chi connectivity index (χ1) is 9.13. The van der Waals surface area contributed by atoms with Crippen molar-refractivity contribution >= 4 is 11.7 Å². The van der Waals surface area contributed by atoms with Crippen molar-refractivity contribution in [3.63, 3.8) is 0 Å². The number of likely N-dealkylation sites (tertiary alicyclic amines) is 1. The van der Waals surface area contributed by atoms with Crippen LogP contribution in [0.25, 0.3) is 0 Å². The minimum absolute atomic E-state index is 0.0117. The van der Waals surface area contributed by atoms with Crippen molar-refractivity contribution in [1.29, 1.82) is 0 Å². The second kappa shape index (κ2) is 6.02. The number of nitrogens with two attached hydrogens (primary N) is 1. The maximum absolute atomic E-state index is 12.4. The van der Waals surface area contributed by atoms with E-state index in [9.17, 15) is 4.79 Å². The van der Waals surface area contributed by atoms with Crippen molar-refractivity contribution in [2.75, 3.05) is 25.4 Å². The first-order valence-electron chi connectivity index (χ1n) is 6.80. The maximum Gasteiger partial charge on any atom is 0.254 e. The van der Waals surface area contributed by atoms with Gasteiger partial charge in [-0.25, -0.2) is 4.98 Å². The van der Waals surface area contributed by atoms with E-state index in [4.69, 9.17) is 10.8 Å². The van der Waals surface area contributed by atoms with Crippen molar-refractivity contribution < 1.29 is 9.90 Å². The molecular weight excluding hydrogens is 242 g/mol. The third kappa shape index (κ3) is 3.23. The van der Waals surface area contributed by atoms with Crippen molar-refractivity contribution in [3.05, 3.63) is 23.4 Å². The summed E-state index contributed by atoms with van der Waals surface area (Å²) in [6, 6.07) is 3.46. The molecule has 1 aliphatic rings. The number of aryl methyl sites for hydroxylation is 1. The zero-order chi connectivity index (χ0) is 13.8. The van der Waals surface area contributed by atoms with Gasteiger partial charge in [0, 0.05) is 36.9 Å². The highest BCUT2D eigenvalue weighted by molar-refractivity contribution is 5.95. The molecule has 1 aromatic heterocycles. The third-order valence-corrected chi connectivity index (χ3v) is 3.48. The van der Waals surface area contributed by atoms with E-state index >= 15 is 0 Å². The fraction of sp³-hybridized carbons (Fsp3) is 0.571. The number of anilines is 1. The molecule has 0 bridgehead atoms. The van der Waals surface area contributed by atoms with Gasteiger partial charge in [0.05, 0.1) is 0 Å². The van der Waals surface area contributed by atoms with E-state index in [1.807, 2.05) is 6.07 Å². The number of aromatic nitrogens is 1. The fourth-order valence-corrected chi connectivity index (χ4v) is 2.47. The summed E-state index contributed by atoms with van der Waals surface area (Å²) in [7, 11) is 0. The van der Waals surface area contributed by atoms with Gasteiger partial charge in [-0.05, 0) is 25.0 Å². The van der Waals surface area contributed by atoms with Gasteiger partial charge < -0.3 is 15.7 Å². The van der Waals surface area contributed by atoms with E-state index in [-0.39, 0.29) is 18.4 Å². The lowest BCUT2D eigenvalue weighted by molar-refractivity contribution is 0.0781. The van der Waals surface area contributed by atoms with Gasteiger partial charge in [-0.2, -0.15) is 0 Å². The van der Waals surface area contributed by atoms with Crippen LogP contribution >= 0.6 is 0 Å². The number of aliphatic hydroxyl groups is 1. The smallest absolute Gasteiger partial charge is 0.254 e. The lowest BCUT2D eigenvalue weighted by atomic mass is 10.1. The van der Waals surface area contributed by atoms with Crippen molar-refractivity contribution in [1.82, 2.24) is 9.88 Å². The van der Waals surface area contributed by atoms with Gasteiger partial charge in [0.1, 0.15) is 5.82 Å². The van der Waals surface area contributed by atoms with E-state index in [1.54, 1.807) is 11.0 Å². The predicted octanol–water partition coefficient (Wildman–Crippen LogP) is 1.07. The molecule has 5 heteroatoms. The molecule has 5 nitrogen and oxygen atoms in total. The van der Waals surface area contributed by atoms with Crippen LogP contribution in [0, 0.1) is 5.92 Å². The Morgan fingerprint density at radius 1 is 1.58 bits per heavy atom. The Kier molecular flexibility index (Phi) is 4.37. The average Bonchev–Trinajstić information content (AvgIpc) is 2.86. The first kappa shape index (κ1) is 13.8. The van der Waals surface area contributed by atoms with Gasteiger partial charge in [-0.15, -0.1) is 0 Å². The summed E-state index contributed by atoms with van der Waals surface area (Å²) in [6.45, 7) is 3.54. The van der Waals surface area contributed by atoms with Gasteiger partial charge >= 0.3 is 0 Å². The topological polar surface area (TPSA) is 79.5 Å². The molecular formula is C14H21N3O2. The molecule has 0 saturated carbocycles. The van der Waals surface area contributed by atoms with Crippen LogP contribution in [0.5, 0.6) is 0 Å². The maximum atomic E-state index is 12.4. The Bertz CT molecular complexity index is 462. The lowest BCUT2D eigenvalue weighted by Gasteiger charge is -2.17. The van der Waals surface area contributed by atoms with E-state index < -0.39 is 0 Å². The molecule has 1 saturated heterocycles. The standard InChI is InChI=1S/C14H21N3O2/c1-2-3-12-6-11(7-13(15)16-12)14(19)17-5-4-10(8-17)9-18/h6-7,10,18H,2-5,8-9H2,1H3,(H2,15,16). The van der Waals surface area contributed by atoms with Crippen LogP contribution in [0.4, 0.5) is 5.82 Å². The van der Waals surface area contributed by atoms with Crippen LogP contribution in [0.15, 0.2) is 12.1 Å². The van der Waals surface area contributed by atoms with Gasteiger partial charge in [0.25, 0.3) is 5.91 Å². The number of carbonyl (C=O) groups excluding carboxylic acids is 1. The molecule has 0 spiro atoms. The SMILES string of the molecule is CCCc1cc(C(=O)N2CCC(CO)C2)cc(N)n1. The molecule has 2 rings (SSSR count). The molecule has 2 heterocycles. The van der Waals surface area contributed by atoms with Crippen LogP contribution in [-0.2, 0) is 6.42 Å². The van der Waals surface area contributed by atoms with E-state index in [0.717, 1.165) is 25.0 Å². The molecule has 0 aromatic carbocycles. The number of pyridine rings is 1. The molecule has 1 atom stereocenters. The molecule has 0 aliphatic carbocycles. The molecule has 1 fully saturated rings. The summed E-state index contributed by atoms with van der Waals surface area (Å²) in [6.07, 6.45) is 2.66. The number of nitrogen functional groups attached to an aromatic ring is 1. The third-order valence-electron chi connectivity index (χ3n) is 3.48. The summed E-state index contributed by atoms with van der Waals surface area (Å²) in [5.41, 5.74) is 7.23. The molecule has 19 heavy (non-hydrogen) atoms. The van der Waals surface area contributed by atoms with Crippen LogP contribution < -0.4 is 5.73 Å². The Labute approximate surface area is 113 Å². The molecule has 1 unspecified atom stereocenters. The number of hydrogen-bond donors (Lipinski definition) is 2. The lowest BCUT2D eigenvalue weighted by Crippen LogP contribution is -2.29. The van der Waals surface area contributed by atoms with Crippen LogP contribution in [0.3, 0.4) is 0 Å². The molecule has 1 amide bonds. The summed E-state index contributed by atoms with van der Waals surface area (Å²) >= 11 is 0. The molecule has 3 N–H and O–H groups in total. The Balaban J connectivity index is 2.14. The summed E-state index contributed by atoms with van der Waals surface area (Å²) in [5, 5.41) is 9.13. The molecule has 1 aromatic rings. The number of rotatable bonds is 4. The van der Waals surface area contributed by atoms with Gasteiger partial charge in [-0.3, -0.25) is 4.79 Å². The molecule has 1 aliphatic heterocycles. The second-order valence-electron chi connectivity index (χ2n) is 5.11. The number of nitrogens with zero attached hydrogens (tertiary/aromatic N) is 2. The van der Waals surface area contributed by atoms with Crippen LogP contribution in [0.1, 0.15) is 35.8 Å². The van der Waals surface area contributed by atoms with E-state index in [2.05, 4.69) is 11.9 Å². The highest BCUT2D eigenvalue weighted by Crippen LogP contribution is 2.19. The summed E-state index contributed by atoms with van der Waals surface area (Å²) in [4.78, 5) is 18.4.